The average Bonchev–Trinajstić information content (AvgIpc) is 2.52. The predicted octanol–water partition coefficient (Wildman–Crippen LogP) is 1.74. The zero-order valence-corrected chi connectivity index (χ0v) is 9.58. The summed E-state index contributed by atoms with van der Waals surface area (Å²) in [6.07, 6.45) is 0. The molecule has 1 aliphatic rings. The van der Waals surface area contributed by atoms with Crippen molar-refractivity contribution in [2.75, 3.05) is 29.9 Å². The molecule has 0 spiro atoms. The van der Waals surface area contributed by atoms with Crippen LogP contribution >= 0.6 is 0 Å². The normalized spacial score (nSPS) is 17.0. The number of nitrogens with one attached hydrogen (secondary N) is 1. The van der Waals surface area contributed by atoms with E-state index < -0.39 is 0 Å². The second-order valence-corrected chi connectivity index (χ2v) is 4.03. The minimum absolute atomic E-state index is 0.00926. The maximum Gasteiger partial charge on any atom is 0.426 e. The Morgan fingerprint density at radius 1 is 1.19 bits per heavy atom. The van der Waals surface area contributed by atoms with Gasteiger partial charge in [-0.15, -0.1) is 0 Å². The zero-order chi connectivity index (χ0) is 11.9. The van der Waals surface area contributed by atoms with Crippen molar-refractivity contribution >= 4 is 28.8 Å². The third-order valence-electron chi connectivity index (χ3n) is 3.37. The van der Waals surface area contributed by atoms with Crippen LogP contribution in [-0.2, 0) is 0 Å². The van der Waals surface area contributed by atoms with Gasteiger partial charge >= 0.3 is 6.03 Å². The number of rotatable bonds is 2. The molecule has 1 aromatic rings. The van der Waals surface area contributed by atoms with Crippen LogP contribution in [-0.4, -0.2) is 19.1 Å². The van der Waals surface area contributed by atoms with Crippen molar-refractivity contribution in [2.45, 2.75) is 13.8 Å². The first kappa shape index (κ1) is 10.8. The van der Waals surface area contributed by atoms with Crippen LogP contribution in [0.3, 0.4) is 0 Å². The van der Waals surface area contributed by atoms with Crippen LogP contribution in [0.25, 0.3) is 0 Å². The summed E-state index contributed by atoms with van der Waals surface area (Å²) in [5, 5.41) is 2.86. The smallest absolute Gasteiger partial charge is 0.397 e. The van der Waals surface area contributed by atoms with Crippen molar-refractivity contribution in [2.24, 2.45) is 0 Å². The highest BCUT2D eigenvalue weighted by Gasteiger charge is 2.44. The molecule has 0 saturated carbocycles. The Labute approximate surface area is 94.6 Å². The van der Waals surface area contributed by atoms with Crippen molar-refractivity contribution in [3.05, 3.63) is 12.1 Å². The maximum atomic E-state index is 12.0. The number of hydrogen-bond donors (Lipinski definition) is 3. The van der Waals surface area contributed by atoms with Gasteiger partial charge in [0, 0.05) is 6.07 Å². The number of amides is 2. The van der Waals surface area contributed by atoms with Gasteiger partial charge in [0.05, 0.1) is 24.5 Å². The van der Waals surface area contributed by atoms with Crippen molar-refractivity contribution in [3.63, 3.8) is 0 Å². The highest BCUT2D eigenvalue weighted by molar-refractivity contribution is 6.09. The lowest BCUT2D eigenvalue weighted by Crippen LogP contribution is -2.52. The topological polar surface area (TPSA) is 81.1 Å². The molecule has 1 heterocycles. The number of urea groups is 1. The molecule has 5 nitrogen and oxygen atoms in total. The Morgan fingerprint density at radius 3 is 2.31 bits per heavy atom. The molecule has 0 aliphatic carbocycles. The summed E-state index contributed by atoms with van der Waals surface area (Å²) >= 11 is 0. The van der Waals surface area contributed by atoms with Crippen molar-refractivity contribution in [1.82, 2.24) is 4.48 Å². The second-order valence-electron chi connectivity index (χ2n) is 4.03. The number of nitrogen functional groups attached to an aromatic ring is 2. The summed E-state index contributed by atoms with van der Waals surface area (Å²) in [5.74, 6) is 0. The number of quaternary nitrogens is 1. The van der Waals surface area contributed by atoms with Crippen LogP contribution in [0.4, 0.5) is 27.5 Å². The van der Waals surface area contributed by atoms with Crippen LogP contribution < -0.4 is 21.3 Å². The van der Waals surface area contributed by atoms with E-state index in [1.807, 2.05) is 13.8 Å². The molecule has 0 fully saturated rings. The summed E-state index contributed by atoms with van der Waals surface area (Å²) < 4.78 is 0.291. The Balaban J connectivity index is 2.65. The number of carbonyl (C=O) groups is 1. The van der Waals surface area contributed by atoms with E-state index in [4.69, 9.17) is 11.5 Å². The summed E-state index contributed by atoms with van der Waals surface area (Å²) in [7, 11) is 0. The van der Waals surface area contributed by atoms with Crippen LogP contribution in [0.1, 0.15) is 13.8 Å². The average molecular weight is 221 g/mol. The third kappa shape index (κ3) is 1.18. The van der Waals surface area contributed by atoms with Gasteiger partial charge in [0.1, 0.15) is 5.69 Å². The van der Waals surface area contributed by atoms with Gasteiger partial charge in [-0.05, 0) is 19.9 Å². The third-order valence-corrected chi connectivity index (χ3v) is 3.37. The molecule has 0 atom stereocenters. The number of anilines is 3. The highest BCUT2D eigenvalue weighted by Crippen LogP contribution is 2.41. The fourth-order valence-electron chi connectivity index (χ4n) is 2.26. The van der Waals surface area contributed by atoms with E-state index in [0.717, 1.165) is 11.4 Å². The number of hydrogen-bond acceptors (Lipinski definition) is 3. The molecule has 5 N–H and O–H groups in total. The predicted molar refractivity (Wildman–Crippen MR) is 67.2 cm³/mol. The Kier molecular flexibility index (Phi) is 2.27. The van der Waals surface area contributed by atoms with Crippen molar-refractivity contribution in [3.8, 4) is 0 Å². The van der Waals surface area contributed by atoms with Gasteiger partial charge in [-0.25, -0.2) is 9.28 Å². The molecule has 2 rings (SSSR count). The fraction of sp³-hybridized carbons (Fsp3) is 0.364. The van der Waals surface area contributed by atoms with E-state index in [2.05, 4.69) is 5.32 Å². The molecule has 1 aliphatic heterocycles. The lowest BCUT2D eigenvalue weighted by molar-refractivity contribution is 0.221. The summed E-state index contributed by atoms with van der Waals surface area (Å²) in [5.41, 5.74) is 14.3. The molecule has 5 heteroatoms. The van der Waals surface area contributed by atoms with E-state index >= 15 is 0 Å². The van der Waals surface area contributed by atoms with Gasteiger partial charge in [-0.3, -0.25) is 5.32 Å². The Hall–Kier alpha value is -1.75. The van der Waals surface area contributed by atoms with Crippen molar-refractivity contribution in [1.29, 1.82) is 0 Å². The van der Waals surface area contributed by atoms with Gasteiger partial charge in [-0.2, -0.15) is 0 Å². The van der Waals surface area contributed by atoms with E-state index in [1.165, 1.54) is 0 Å². The first-order valence-electron chi connectivity index (χ1n) is 5.43. The van der Waals surface area contributed by atoms with E-state index in [1.54, 1.807) is 12.1 Å². The van der Waals surface area contributed by atoms with E-state index in [0.29, 0.717) is 28.9 Å². The highest BCUT2D eigenvalue weighted by atomic mass is 16.2. The molecule has 0 saturated heterocycles. The van der Waals surface area contributed by atoms with E-state index in [9.17, 15) is 4.79 Å². The molecule has 86 valence electrons. The number of benzene rings is 1. The first-order chi connectivity index (χ1) is 7.55. The number of nitrogens with two attached hydrogens (primary N) is 2. The summed E-state index contributed by atoms with van der Waals surface area (Å²) in [6, 6.07) is 3.52. The summed E-state index contributed by atoms with van der Waals surface area (Å²) in [4.78, 5) is 12.0. The monoisotopic (exact) mass is 221 g/mol. The number of nitrogens with zero attached hydrogens (tertiary/aromatic N) is 1. The molecule has 0 unspecified atom stereocenters. The fourth-order valence-corrected chi connectivity index (χ4v) is 2.26. The SMILES string of the molecule is CC[N+]1(CC)C(=O)Nc2cc(N)c(N)cc21. The molecule has 0 bridgehead atoms. The summed E-state index contributed by atoms with van der Waals surface area (Å²) in [6.45, 7) is 5.40. The van der Waals surface area contributed by atoms with E-state index in [-0.39, 0.29) is 6.03 Å². The molecule has 0 radical (unpaired) electrons. The minimum Gasteiger partial charge on any atom is -0.397 e. The lowest BCUT2D eigenvalue weighted by atomic mass is 10.2. The van der Waals surface area contributed by atoms with Gasteiger partial charge in [0.25, 0.3) is 0 Å². The van der Waals surface area contributed by atoms with Crippen LogP contribution in [0.2, 0.25) is 0 Å². The second kappa shape index (κ2) is 3.38. The van der Waals surface area contributed by atoms with Gasteiger partial charge in [-0.1, -0.05) is 0 Å². The molecule has 0 aromatic heterocycles. The lowest BCUT2D eigenvalue weighted by Gasteiger charge is -2.27. The molecule has 1 aromatic carbocycles. The van der Waals surface area contributed by atoms with Gasteiger partial charge < -0.3 is 11.5 Å². The molecule has 16 heavy (non-hydrogen) atoms. The Bertz CT molecular complexity index is 452. The van der Waals surface area contributed by atoms with Crippen LogP contribution in [0, 0.1) is 0 Å². The van der Waals surface area contributed by atoms with Crippen molar-refractivity contribution < 1.29 is 4.79 Å². The standard InChI is InChI=1S/C11H16N4O/c1-3-15(4-2)10-6-8(13)7(12)5-9(10)14-11(15)16/h5-6H,3-4,12-13H2,1-2H3/p+1. The van der Waals surface area contributed by atoms with Gasteiger partial charge in [0.15, 0.2) is 5.69 Å². The molecular weight excluding hydrogens is 204 g/mol. The zero-order valence-electron chi connectivity index (χ0n) is 9.58. The number of fused-ring (bicyclic) bond motifs is 1. The largest absolute Gasteiger partial charge is 0.426 e. The first-order valence-corrected chi connectivity index (χ1v) is 5.43. The maximum absolute atomic E-state index is 12.0. The van der Waals surface area contributed by atoms with Gasteiger partial charge in [0.2, 0.25) is 0 Å². The van der Waals surface area contributed by atoms with Crippen LogP contribution in [0.5, 0.6) is 0 Å². The molecular formula is C11H17N4O+. The minimum atomic E-state index is -0.00926. The van der Waals surface area contributed by atoms with Crippen LogP contribution in [0.15, 0.2) is 12.1 Å². The quantitative estimate of drug-likeness (QED) is 0.525. The Morgan fingerprint density at radius 2 is 1.75 bits per heavy atom. The molecule has 2 amide bonds. The number of carbonyl (C=O) groups excluding carboxylic acids is 1.